The van der Waals surface area contributed by atoms with Crippen molar-refractivity contribution in [2.45, 2.75) is 137 Å². The van der Waals surface area contributed by atoms with Gasteiger partial charge >= 0.3 is 18.3 Å². The van der Waals surface area contributed by atoms with E-state index in [9.17, 15) is 67.4 Å². The Labute approximate surface area is 834 Å². The van der Waals surface area contributed by atoms with Crippen LogP contribution >= 0.6 is 0 Å². The SMILES string of the molecule is CC(C)Oc1ccc2c(C#N)c(-c3ccc(N4CCCC4=O)cc3)n(CCF)c2c1.CCCOC(=O)Nc1ccc(-c2c(C#N)c3ccc(OCF)cc3n2CC2CC2)cc1.CCOC(=O)Nc1ccc(-c2c(C#N)c3ccc(OCF)cc3n2CC2CC2)cc1.COC(=O)Nc1ccc(-c2c(C#N)c3ccc(OCF)cc3n2CC2CC2)cc1.N#Cc1c(-c2ccc(N)cc2)n(CC2CC2)c2cc(OCF)ccc12. The molecule has 0 spiro atoms. The predicted molar refractivity (Wildman–Crippen MR) is 547 cm³/mol. The van der Waals surface area contributed by atoms with Crippen LogP contribution in [0.25, 0.3) is 111 Å². The number of hydrogen-bond donors (Lipinski definition) is 4. The van der Waals surface area contributed by atoms with E-state index in [1.165, 1.54) is 20.0 Å². The van der Waals surface area contributed by atoms with Gasteiger partial charge in [0.2, 0.25) is 33.3 Å². The smallest absolute Gasteiger partial charge is 0.411 e. The number of anilines is 5. The Morgan fingerprint density at radius 1 is 0.400 bits per heavy atom. The van der Waals surface area contributed by atoms with Crippen molar-refractivity contribution in [3.8, 4) is 115 Å². The molecule has 0 bridgehead atoms. The Bertz CT molecular complexity index is 7470. The van der Waals surface area contributed by atoms with E-state index in [1.807, 2.05) is 153 Å². The number of nitriles is 5. The molecule has 145 heavy (non-hydrogen) atoms. The molecular formula is C113H108F5N15O12. The topological polar surface area (TPSA) is 351 Å². The molecule has 5 aromatic heterocycles. The molecule has 1 aliphatic heterocycles. The van der Waals surface area contributed by atoms with Gasteiger partial charge in [-0.2, -0.15) is 26.3 Å². The molecule has 5 fully saturated rings. The Balaban J connectivity index is 0.000000130. The van der Waals surface area contributed by atoms with Crippen LogP contribution in [0.4, 0.5) is 64.8 Å². The van der Waals surface area contributed by atoms with Crippen LogP contribution in [0, 0.1) is 80.3 Å². The number of aryl methyl sites for hydroxylation is 1. The van der Waals surface area contributed by atoms with Crippen molar-refractivity contribution >= 4 is 107 Å². The number of nitrogens with one attached hydrogen (secondary N) is 3. The molecule has 20 rings (SSSR count). The highest BCUT2D eigenvalue weighted by molar-refractivity contribution is 6.02. The molecule has 4 aliphatic carbocycles. The number of alkyl halides is 5. The zero-order valence-electron chi connectivity index (χ0n) is 80.9. The highest BCUT2D eigenvalue weighted by Gasteiger charge is 2.34. The summed E-state index contributed by atoms with van der Waals surface area (Å²) in [5.74, 6) is 4.93. The number of benzene rings is 10. The maximum Gasteiger partial charge on any atom is 0.411 e. The Morgan fingerprint density at radius 2 is 0.697 bits per heavy atom. The second-order valence-corrected chi connectivity index (χ2v) is 36.1. The molecule has 0 atom stereocenters. The third-order valence-electron chi connectivity index (χ3n) is 25.7. The molecular weight excluding hydrogens is 1850 g/mol. The average Bonchev–Trinajstić information content (AvgIpc) is 1.62. The van der Waals surface area contributed by atoms with Crippen LogP contribution in [0.15, 0.2) is 212 Å². The van der Waals surface area contributed by atoms with Gasteiger partial charge in [-0.3, -0.25) is 20.7 Å². The lowest BCUT2D eigenvalue weighted by molar-refractivity contribution is -0.117. The largest absolute Gasteiger partial charge is 0.491 e. The van der Waals surface area contributed by atoms with Gasteiger partial charge in [0, 0.05) is 125 Å². The van der Waals surface area contributed by atoms with Crippen molar-refractivity contribution in [2.24, 2.45) is 23.7 Å². The summed E-state index contributed by atoms with van der Waals surface area (Å²) in [4.78, 5) is 48.6. The number of carbonyl (C=O) groups excluding carboxylic acids is 4. The van der Waals surface area contributed by atoms with E-state index in [2.05, 4.69) is 69.3 Å². The summed E-state index contributed by atoms with van der Waals surface area (Å²) < 4.78 is 115. The van der Waals surface area contributed by atoms with E-state index >= 15 is 0 Å². The lowest BCUT2D eigenvalue weighted by Gasteiger charge is -2.16. The molecule has 32 heteroatoms. The molecule has 1 saturated heterocycles. The highest BCUT2D eigenvalue weighted by atomic mass is 19.2. The average molecular weight is 1960 g/mol. The van der Waals surface area contributed by atoms with Gasteiger partial charge in [0.25, 0.3) is 0 Å². The van der Waals surface area contributed by atoms with Crippen molar-refractivity contribution in [1.29, 1.82) is 26.3 Å². The van der Waals surface area contributed by atoms with Crippen molar-refractivity contribution in [2.75, 3.05) is 87.6 Å². The zero-order chi connectivity index (χ0) is 102. The van der Waals surface area contributed by atoms with Gasteiger partial charge in [0.05, 0.1) is 117 Å². The number of nitrogens with zero attached hydrogens (tertiary/aromatic N) is 11. The molecule has 27 nitrogen and oxygen atoms in total. The van der Waals surface area contributed by atoms with Crippen molar-refractivity contribution in [3.63, 3.8) is 0 Å². The molecule has 5 N–H and O–H groups in total. The fraction of sp³-hybridized carbons (Fsp3) is 0.301. The molecule has 0 radical (unpaired) electrons. The number of nitrogen functional groups attached to an aromatic ring is 1. The third kappa shape index (κ3) is 23.6. The van der Waals surface area contributed by atoms with Crippen LogP contribution in [-0.2, 0) is 51.7 Å². The van der Waals surface area contributed by atoms with E-state index in [0.29, 0.717) is 128 Å². The maximum atomic E-state index is 13.5. The van der Waals surface area contributed by atoms with Crippen LogP contribution < -0.4 is 50.3 Å². The molecule has 5 aliphatic rings. The number of fused-ring (bicyclic) bond motifs is 5. The summed E-state index contributed by atoms with van der Waals surface area (Å²) >= 11 is 0. The standard InChI is InChI=1S/C24H24FN3O3.C24H24FN3O2.C23H22FN3O3.C22H20FN3O3.C20H18FN3O/c1-2-11-30-24(29)27-18-7-5-17(6-8-18)23-21(13-26)20-10-9-19(31-15-25)12-22(20)28(23)14-16-3-4-16;1-16(2)30-19-9-10-20-21(15-26)24(28(13-11-25)22(20)14-19)17-5-7-18(8-6-17)27-12-3-4-23(27)29;1-2-29-23(28)26-17-7-5-16(6-8-17)22-20(12-25)19-10-9-18(30-14-24)11-21(19)27(22)13-15-3-4-15;1-28-22(27)25-16-6-4-15(5-7-16)21-19(11-24)18-9-8-17(29-13-23)10-20(18)26(21)12-14-2-3-14;21-12-25-16-7-8-17-18(10-22)20(14-3-5-15(23)6-4-14)24(19(17)9-16)11-13-1-2-13/h5-10,12,16H,2-4,11,14-15H2,1H3,(H,27,29);5-10,14,16H,3-4,11-13H2,1-2H3;5-11,15H,2-4,13-14H2,1H3,(H,26,28);4-10,14H,2-3,12-13H2,1H3,(H,25,27);3-9,13H,1-2,11-12,23H2. The first-order valence-electron chi connectivity index (χ1n) is 48.3. The quantitative estimate of drug-likeness (QED) is 0.0173. The predicted octanol–water partition coefficient (Wildman–Crippen LogP) is 25.9. The van der Waals surface area contributed by atoms with Crippen molar-refractivity contribution in [1.82, 2.24) is 22.8 Å². The minimum Gasteiger partial charge on any atom is -0.491 e. The number of halogens is 5. The number of carbonyl (C=O) groups is 4. The molecule has 10 aromatic carbocycles. The van der Waals surface area contributed by atoms with Gasteiger partial charge in [0.15, 0.2) is 0 Å². The van der Waals surface area contributed by atoms with E-state index in [1.54, 1.807) is 96.8 Å². The third-order valence-corrected chi connectivity index (χ3v) is 25.7. The number of ether oxygens (including phenoxy) is 8. The minimum atomic E-state index is -0.901. The van der Waals surface area contributed by atoms with Crippen LogP contribution in [-0.4, -0.2) is 114 Å². The zero-order valence-corrected chi connectivity index (χ0v) is 80.9. The Hall–Kier alpha value is -16.9. The van der Waals surface area contributed by atoms with Gasteiger partial charge < -0.3 is 71.4 Å². The van der Waals surface area contributed by atoms with Crippen molar-refractivity contribution < 1.29 is 79.0 Å². The summed E-state index contributed by atoms with van der Waals surface area (Å²) in [5, 5.41) is 61.5. The fourth-order valence-electron chi connectivity index (χ4n) is 18.3. The Morgan fingerprint density at radius 3 is 0.979 bits per heavy atom. The van der Waals surface area contributed by atoms with Crippen LogP contribution in [0.1, 0.15) is 126 Å². The lowest BCUT2D eigenvalue weighted by Crippen LogP contribution is -2.23. The van der Waals surface area contributed by atoms with E-state index < -0.39 is 52.4 Å². The Kier molecular flexibility index (Phi) is 32.5. The molecule has 15 aromatic rings. The van der Waals surface area contributed by atoms with E-state index in [0.717, 1.165) is 195 Å². The van der Waals surface area contributed by atoms with Crippen LogP contribution in [0.3, 0.4) is 0 Å². The highest BCUT2D eigenvalue weighted by Crippen LogP contribution is 2.47. The van der Waals surface area contributed by atoms with Gasteiger partial charge in [-0.05, 0) is 258 Å². The second kappa shape index (κ2) is 46.7. The minimum absolute atomic E-state index is 0.0165. The van der Waals surface area contributed by atoms with Crippen LogP contribution in [0.2, 0.25) is 0 Å². The molecule has 0 unspecified atom stereocenters. The molecule has 4 amide bonds. The lowest BCUT2D eigenvalue weighted by atomic mass is 10.1. The number of nitrogens with two attached hydrogens (primary N) is 1. The summed E-state index contributed by atoms with van der Waals surface area (Å²) in [7, 11) is 1.31. The number of hydrogen-bond acceptors (Lipinski definition) is 18. The van der Waals surface area contributed by atoms with Gasteiger partial charge in [0.1, 0.15) is 65.8 Å². The second-order valence-electron chi connectivity index (χ2n) is 36.1. The molecule has 742 valence electrons. The van der Waals surface area contributed by atoms with Crippen molar-refractivity contribution in [3.05, 3.63) is 240 Å². The number of amides is 4. The fourth-order valence-corrected chi connectivity index (χ4v) is 18.3. The summed E-state index contributed by atoms with van der Waals surface area (Å²) in [6, 6.07) is 75.5. The first kappa shape index (κ1) is 101. The van der Waals surface area contributed by atoms with Gasteiger partial charge in [-0.25, -0.2) is 36.3 Å². The van der Waals surface area contributed by atoms with Gasteiger partial charge in [-0.1, -0.05) is 67.6 Å². The number of rotatable bonds is 32. The van der Waals surface area contributed by atoms with E-state index in [-0.39, 0.29) is 18.6 Å². The normalized spacial score (nSPS) is 13.4. The molecule has 6 heterocycles. The number of aromatic nitrogens is 5. The monoisotopic (exact) mass is 1960 g/mol. The first-order chi connectivity index (χ1) is 70.7. The van der Waals surface area contributed by atoms with Crippen LogP contribution in [0.5, 0.6) is 28.7 Å². The van der Waals surface area contributed by atoms with E-state index in [4.69, 9.17) is 38.9 Å². The molecule has 4 saturated carbocycles. The van der Waals surface area contributed by atoms with Gasteiger partial charge in [-0.15, -0.1) is 0 Å². The summed E-state index contributed by atoms with van der Waals surface area (Å²) in [5.41, 5.74) is 24.7. The number of methoxy groups -OCH3 is 1. The maximum absolute atomic E-state index is 13.5. The first-order valence-corrected chi connectivity index (χ1v) is 48.3. The summed E-state index contributed by atoms with van der Waals surface area (Å²) in [6.07, 6.45) is 10.0. The summed E-state index contributed by atoms with van der Waals surface area (Å²) in [6.45, 7) is 8.19.